The van der Waals surface area contributed by atoms with Crippen molar-refractivity contribution in [3.8, 4) is 0 Å². The van der Waals surface area contributed by atoms with Crippen molar-refractivity contribution < 1.29 is 4.74 Å². The first-order valence-electron chi connectivity index (χ1n) is 8.66. The molecule has 6 nitrogen and oxygen atoms in total. The molecule has 1 atom stereocenters. The number of nitrogens with one attached hydrogen (secondary N) is 1. The summed E-state index contributed by atoms with van der Waals surface area (Å²) in [6, 6.07) is 6.13. The predicted octanol–water partition coefficient (Wildman–Crippen LogP) is 2.06. The van der Waals surface area contributed by atoms with Gasteiger partial charge in [-0.25, -0.2) is 9.97 Å². The molecule has 2 aliphatic rings. The van der Waals surface area contributed by atoms with Crippen molar-refractivity contribution in [3.63, 3.8) is 0 Å². The van der Waals surface area contributed by atoms with E-state index in [2.05, 4.69) is 37.3 Å². The first kappa shape index (κ1) is 15.5. The highest BCUT2D eigenvalue weighted by atomic mass is 16.5. The van der Waals surface area contributed by atoms with Gasteiger partial charge in [0.15, 0.2) is 0 Å². The summed E-state index contributed by atoms with van der Waals surface area (Å²) < 4.78 is 5.59. The van der Waals surface area contributed by atoms with Crippen molar-refractivity contribution in [2.45, 2.75) is 31.4 Å². The fraction of sp³-hybridized carbons (Fsp3) is 0.500. The van der Waals surface area contributed by atoms with Gasteiger partial charge in [-0.1, -0.05) is 6.07 Å². The average molecular weight is 325 g/mol. The largest absolute Gasteiger partial charge is 0.376 e. The zero-order chi connectivity index (χ0) is 16.2. The molecule has 0 aliphatic carbocycles. The van der Waals surface area contributed by atoms with Crippen LogP contribution in [0.25, 0.3) is 0 Å². The maximum atomic E-state index is 5.59. The van der Waals surface area contributed by atoms with Crippen LogP contribution < -0.4 is 5.32 Å². The minimum atomic E-state index is 0.304. The number of anilines is 1. The van der Waals surface area contributed by atoms with E-state index in [1.807, 2.05) is 24.7 Å². The van der Waals surface area contributed by atoms with Crippen LogP contribution in [-0.4, -0.2) is 52.2 Å². The highest BCUT2D eigenvalue weighted by Gasteiger charge is 2.28. The van der Waals surface area contributed by atoms with Crippen molar-refractivity contribution in [1.82, 2.24) is 19.9 Å². The van der Waals surface area contributed by atoms with Crippen molar-refractivity contribution in [2.75, 3.05) is 31.6 Å². The van der Waals surface area contributed by atoms with Gasteiger partial charge in [-0.3, -0.25) is 9.88 Å². The Morgan fingerprint density at radius 3 is 2.75 bits per heavy atom. The second-order valence-electron chi connectivity index (χ2n) is 6.58. The van der Waals surface area contributed by atoms with E-state index in [1.54, 1.807) is 0 Å². The zero-order valence-corrected chi connectivity index (χ0v) is 13.8. The number of rotatable bonds is 6. The second-order valence-corrected chi connectivity index (χ2v) is 6.58. The predicted molar refractivity (Wildman–Crippen MR) is 91.8 cm³/mol. The number of likely N-dealkylation sites (tertiary alicyclic amines) is 1. The number of nitrogens with zero attached hydrogens (tertiary/aromatic N) is 4. The Bertz CT molecular complexity index is 636. The maximum absolute atomic E-state index is 5.59. The molecule has 4 heterocycles. The van der Waals surface area contributed by atoms with Crippen LogP contribution >= 0.6 is 0 Å². The molecule has 0 saturated carbocycles. The number of pyridine rings is 1. The molecule has 4 rings (SSSR count). The molecule has 2 aliphatic heterocycles. The molecular weight excluding hydrogens is 302 g/mol. The third-order valence-electron chi connectivity index (χ3n) is 4.69. The van der Waals surface area contributed by atoms with E-state index in [0.717, 1.165) is 51.2 Å². The summed E-state index contributed by atoms with van der Waals surface area (Å²) in [7, 11) is 0. The zero-order valence-electron chi connectivity index (χ0n) is 13.8. The molecule has 1 N–H and O–H groups in total. The Hall–Kier alpha value is -2.05. The van der Waals surface area contributed by atoms with E-state index >= 15 is 0 Å². The van der Waals surface area contributed by atoms with Gasteiger partial charge in [0.2, 0.25) is 5.95 Å². The normalized spacial score (nSPS) is 21.6. The van der Waals surface area contributed by atoms with Crippen LogP contribution in [-0.2, 0) is 11.3 Å². The highest BCUT2D eigenvalue weighted by Crippen LogP contribution is 2.26. The number of aromatic nitrogens is 3. The standard InChI is InChI=1S/C18H23N5O/c1-2-6-19-17(5-1)15-12-23(13-15)11-14-8-20-18(21-9-14)22-10-16-4-3-7-24-16/h1-2,5-6,8-9,15-16H,3-4,7,10-13H2,(H,20,21,22). The van der Waals surface area contributed by atoms with Gasteiger partial charge < -0.3 is 10.1 Å². The first-order valence-corrected chi connectivity index (χ1v) is 8.66. The Kier molecular flexibility index (Phi) is 4.66. The van der Waals surface area contributed by atoms with Crippen LogP contribution in [0.4, 0.5) is 5.95 Å². The molecule has 6 heteroatoms. The van der Waals surface area contributed by atoms with Crippen LogP contribution in [0.3, 0.4) is 0 Å². The van der Waals surface area contributed by atoms with Gasteiger partial charge in [0.25, 0.3) is 0 Å². The van der Waals surface area contributed by atoms with Crippen molar-refractivity contribution in [1.29, 1.82) is 0 Å². The summed E-state index contributed by atoms with van der Waals surface area (Å²) in [4.78, 5) is 15.7. The lowest BCUT2D eigenvalue weighted by Gasteiger charge is -2.38. The smallest absolute Gasteiger partial charge is 0.222 e. The molecule has 2 aromatic rings. The summed E-state index contributed by atoms with van der Waals surface area (Å²) in [5.74, 6) is 1.24. The minimum Gasteiger partial charge on any atom is -0.376 e. The molecule has 0 radical (unpaired) electrons. The molecule has 2 fully saturated rings. The second kappa shape index (κ2) is 7.23. The van der Waals surface area contributed by atoms with E-state index in [-0.39, 0.29) is 0 Å². The van der Waals surface area contributed by atoms with E-state index in [0.29, 0.717) is 18.0 Å². The number of hydrogen-bond donors (Lipinski definition) is 1. The van der Waals surface area contributed by atoms with Crippen molar-refractivity contribution >= 4 is 5.95 Å². The molecule has 0 amide bonds. The lowest BCUT2D eigenvalue weighted by Crippen LogP contribution is -2.44. The summed E-state index contributed by atoms with van der Waals surface area (Å²) in [6.07, 6.45) is 8.28. The molecule has 1 unspecified atom stereocenters. The molecule has 2 aromatic heterocycles. The SMILES string of the molecule is c1ccc(C2CN(Cc3cnc(NCC4CCCO4)nc3)C2)nc1. The molecule has 0 aromatic carbocycles. The summed E-state index contributed by atoms with van der Waals surface area (Å²) in [5.41, 5.74) is 2.34. The van der Waals surface area contributed by atoms with Crippen LogP contribution in [0.2, 0.25) is 0 Å². The van der Waals surface area contributed by atoms with E-state index in [1.165, 1.54) is 5.69 Å². The summed E-state index contributed by atoms with van der Waals surface area (Å²) in [5, 5.41) is 3.25. The molecule has 0 bridgehead atoms. The van der Waals surface area contributed by atoms with E-state index < -0.39 is 0 Å². The van der Waals surface area contributed by atoms with Crippen LogP contribution in [0.5, 0.6) is 0 Å². The Morgan fingerprint density at radius 2 is 2.04 bits per heavy atom. The van der Waals surface area contributed by atoms with Crippen LogP contribution in [0.15, 0.2) is 36.8 Å². The summed E-state index contributed by atoms with van der Waals surface area (Å²) >= 11 is 0. The van der Waals surface area contributed by atoms with Crippen LogP contribution in [0, 0.1) is 0 Å². The summed E-state index contributed by atoms with van der Waals surface area (Å²) in [6.45, 7) is 4.67. The fourth-order valence-corrected chi connectivity index (χ4v) is 3.30. The third-order valence-corrected chi connectivity index (χ3v) is 4.69. The Balaban J connectivity index is 1.23. The molecule has 2 saturated heterocycles. The maximum Gasteiger partial charge on any atom is 0.222 e. The number of ether oxygens (including phenoxy) is 1. The molecule has 126 valence electrons. The molecule has 24 heavy (non-hydrogen) atoms. The average Bonchev–Trinajstić information content (AvgIpc) is 3.11. The Morgan fingerprint density at radius 1 is 1.17 bits per heavy atom. The van der Waals surface area contributed by atoms with Crippen LogP contribution in [0.1, 0.15) is 30.0 Å². The molecule has 0 spiro atoms. The van der Waals surface area contributed by atoms with E-state index in [4.69, 9.17) is 4.74 Å². The van der Waals surface area contributed by atoms with Gasteiger partial charge >= 0.3 is 0 Å². The van der Waals surface area contributed by atoms with Gasteiger partial charge in [-0.2, -0.15) is 0 Å². The molecular formula is C18H23N5O. The first-order chi connectivity index (χ1) is 11.9. The topological polar surface area (TPSA) is 63.2 Å². The lowest BCUT2D eigenvalue weighted by molar-refractivity contribution is 0.120. The van der Waals surface area contributed by atoms with Gasteiger partial charge in [-0.05, 0) is 25.0 Å². The van der Waals surface area contributed by atoms with E-state index in [9.17, 15) is 0 Å². The van der Waals surface area contributed by atoms with Gasteiger partial charge in [0, 0.05) is 68.6 Å². The number of hydrogen-bond acceptors (Lipinski definition) is 6. The third kappa shape index (κ3) is 3.71. The minimum absolute atomic E-state index is 0.304. The van der Waals surface area contributed by atoms with Crippen molar-refractivity contribution in [2.24, 2.45) is 0 Å². The quantitative estimate of drug-likeness (QED) is 0.877. The lowest BCUT2D eigenvalue weighted by atomic mass is 9.95. The van der Waals surface area contributed by atoms with Gasteiger partial charge in [-0.15, -0.1) is 0 Å². The highest BCUT2D eigenvalue weighted by molar-refractivity contribution is 5.25. The van der Waals surface area contributed by atoms with Gasteiger partial charge in [0.1, 0.15) is 0 Å². The van der Waals surface area contributed by atoms with Crippen molar-refractivity contribution in [3.05, 3.63) is 48.0 Å². The monoisotopic (exact) mass is 325 g/mol. The Labute approximate surface area is 142 Å². The fourth-order valence-electron chi connectivity index (χ4n) is 3.30. The van der Waals surface area contributed by atoms with Gasteiger partial charge in [0.05, 0.1) is 6.10 Å².